The molecule has 0 bridgehead atoms. The maximum atomic E-state index is 11.8. The van der Waals surface area contributed by atoms with Crippen LogP contribution >= 0.6 is 45.5 Å². The normalized spacial score (nSPS) is 11.5. The molecule has 5 heteroatoms. The Kier molecular flexibility index (Phi) is 4.86. The van der Waals surface area contributed by atoms with Gasteiger partial charge >= 0.3 is 0 Å². The van der Waals surface area contributed by atoms with Crippen molar-refractivity contribution in [2.75, 3.05) is 5.88 Å². The SMILES string of the molecule is CC(C)(CCCl)NC(=O)c1csc(I)c1. The summed E-state index contributed by atoms with van der Waals surface area (Å²) in [5.74, 6) is 0.526. The molecule has 1 heterocycles. The van der Waals surface area contributed by atoms with Crippen molar-refractivity contribution in [3.05, 3.63) is 19.9 Å². The summed E-state index contributed by atoms with van der Waals surface area (Å²) in [5.41, 5.74) is 0.485. The molecule has 1 amide bonds. The molecule has 0 aromatic carbocycles. The van der Waals surface area contributed by atoms with Gasteiger partial charge in [0.1, 0.15) is 0 Å². The fourth-order valence-electron chi connectivity index (χ4n) is 1.11. The van der Waals surface area contributed by atoms with E-state index in [1.807, 2.05) is 25.3 Å². The minimum absolute atomic E-state index is 0.0238. The number of amides is 1. The molecule has 1 aromatic heterocycles. The van der Waals surface area contributed by atoms with E-state index in [9.17, 15) is 4.79 Å². The molecule has 0 radical (unpaired) electrons. The number of halogens is 2. The van der Waals surface area contributed by atoms with Gasteiger partial charge in [-0.2, -0.15) is 0 Å². The van der Waals surface area contributed by atoms with Crippen LogP contribution in [0.1, 0.15) is 30.6 Å². The molecule has 1 N–H and O–H groups in total. The lowest BCUT2D eigenvalue weighted by atomic mass is 10.0. The second-order valence-corrected chi connectivity index (χ2v) is 7.10. The van der Waals surface area contributed by atoms with Crippen LogP contribution in [0.5, 0.6) is 0 Å². The van der Waals surface area contributed by atoms with Crippen LogP contribution in [-0.4, -0.2) is 17.3 Å². The highest BCUT2D eigenvalue weighted by Crippen LogP contribution is 2.18. The van der Waals surface area contributed by atoms with Gasteiger partial charge in [-0.3, -0.25) is 4.79 Å². The third kappa shape index (κ3) is 4.28. The Morgan fingerprint density at radius 1 is 1.67 bits per heavy atom. The number of alkyl halides is 1. The molecule has 2 nitrogen and oxygen atoms in total. The van der Waals surface area contributed by atoms with Gasteiger partial charge in [0.25, 0.3) is 5.91 Å². The largest absolute Gasteiger partial charge is 0.347 e. The minimum atomic E-state index is -0.244. The van der Waals surface area contributed by atoms with E-state index in [0.29, 0.717) is 5.88 Å². The monoisotopic (exact) mass is 357 g/mol. The molecule has 0 atom stereocenters. The number of thiophene rings is 1. The number of carbonyl (C=O) groups is 1. The number of hydrogen-bond donors (Lipinski definition) is 1. The molecule has 1 rings (SSSR count). The van der Waals surface area contributed by atoms with E-state index in [1.165, 1.54) is 0 Å². The number of nitrogens with one attached hydrogen (secondary N) is 1. The van der Waals surface area contributed by atoms with Crippen LogP contribution in [0.2, 0.25) is 0 Å². The number of carbonyl (C=O) groups excluding carboxylic acids is 1. The smallest absolute Gasteiger partial charge is 0.252 e. The Bertz CT molecular complexity index is 351. The molecule has 0 fully saturated rings. The summed E-state index contributed by atoms with van der Waals surface area (Å²) in [6.07, 6.45) is 0.765. The molecule has 0 saturated heterocycles. The summed E-state index contributed by atoms with van der Waals surface area (Å²) in [5, 5.41) is 4.84. The van der Waals surface area contributed by atoms with Crippen LogP contribution < -0.4 is 5.32 Å². The van der Waals surface area contributed by atoms with Gasteiger partial charge in [0.2, 0.25) is 0 Å². The van der Waals surface area contributed by atoms with Crippen molar-refractivity contribution in [2.24, 2.45) is 0 Å². The third-order valence-corrected chi connectivity index (χ3v) is 3.98. The molecule has 15 heavy (non-hydrogen) atoms. The van der Waals surface area contributed by atoms with Crippen LogP contribution in [-0.2, 0) is 0 Å². The molecule has 0 saturated carbocycles. The topological polar surface area (TPSA) is 29.1 Å². The van der Waals surface area contributed by atoms with Gasteiger partial charge in [0.05, 0.1) is 8.45 Å². The molecular weight excluding hydrogens is 345 g/mol. The fourth-order valence-corrected chi connectivity index (χ4v) is 2.91. The predicted octanol–water partition coefficient (Wildman–Crippen LogP) is 3.49. The minimum Gasteiger partial charge on any atom is -0.347 e. The molecule has 0 aliphatic carbocycles. The maximum Gasteiger partial charge on any atom is 0.252 e. The molecule has 0 unspecified atom stereocenters. The van der Waals surface area contributed by atoms with E-state index in [0.717, 1.165) is 14.9 Å². The standard InChI is InChI=1S/C10H13ClINOS/c1-10(2,3-4-11)13-9(14)7-5-8(12)15-6-7/h5-6H,3-4H2,1-2H3,(H,13,14). The number of rotatable bonds is 4. The van der Waals surface area contributed by atoms with E-state index in [4.69, 9.17) is 11.6 Å². The lowest BCUT2D eigenvalue weighted by Crippen LogP contribution is -2.43. The van der Waals surface area contributed by atoms with Crippen molar-refractivity contribution in [3.63, 3.8) is 0 Å². The highest BCUT2D eigenvalue weighted by Gasteiger charge is 2.20. The van der Waals surface area contributed by atoms with E-state index in [2.05, 4.69) is 27.9 Å². The summed E-state index contributed by atoms with van der Waals surface area (Å²) >= 11 is 9.45. The van der Waals surface area contributed by atoms with Gasteiger partial charge in [-0.25, -0.2) is 0 Å². The molecular formula is C10H13ClINOS. The van der Waals surface area contributed by atoms with Gasteiger partial charge in [0, 0.05) is 16.8 Å². The van der Waals surface area contributed by atoms with Crippen LogP contribution in [0.3, 0.4) is 0 Å². The molecule has 1 aromatic rings. The van der Waals surface area contributed by atoms with Gasteiger partial charge in [-0.1, -0.05) is 0 Å². The first-order valence-electron chi connectivity index (χ1n) is 4.57. The van der Waals surface area contributed by atoms with Crippen molar-refractivity contribution in [1.29, 1.82) is 0 Å². The summed E-state index contributed by atoms with van der Waals surface area (Å²) in [4.78, 5) is 11.8. The summed E-state index contributed by atoms with van der Waals surface area (Å²) < 4.78 is 1.12. The van der Waals surface area contributed by atoms with Crippen LogP contribution in [0.25, 0.3) is 0 Å². The van der Waals surface area contributed by atoms with Crippen molar-refractivity contribution >= 4 is 51.4 Å². The Morgan fingerprint density at radius 3 is 2.80 bits per heavy atom. The van der Waals surface area contributed by atoms with Crippen LogP contribution in [0.15, 0.2) is 11.4 Å². The molecule has 0 spiro atoms. The Hall–Kier alpha value is 0.190. The zero-order valence-corrected chi connectivity index (χ0v) is 12.4. The molecule has 84 valence electrons. The second kappa shape index (κ2) is 5.50. The van der Waals surface area contributed by atoms with Crippen LogP contribution in [0.4, 0.5) is 0 Å². The lowest BCUT2D eigenvalue weighted by molar-refractivity contribution is 0.0912. The van der Waals surface area contributed by atoms with Crippen molar-refractivity contribution in [1.82, 2.24) is 5.32 Å². The second-order valence-electron chi connectivity index (χ2n) is 3.92. The van der Waals surface area contributed by atoms with Crippen molar-refractivity contribution in [3.8, 4) is 0 Å². The quantitative estimate of drug-likeness (QED) is 0.648. The predicted molar refractivity (Wildman–Crippen MR) is 73.9 cm³/mol. The van der Waals surface area contributed by atoms with E-state index in [1.54, 1.807) is 11.3 Å². The highest BCUT2D eigenvalue weighted by atomic mass is 127. The third-order valence-electron chi connectivity index (χ3n) is 2.00. The van der Waals surface area contributed by atoms with Gasteiger partial charge in [-0.15, -0.1) is 22.9 Å². The van der Waals surface area contributed by atoms with E-state index < -0.39 is 0 Å². The Balaban J connectivity index is 2.63. The zero-order chi connectivity index (χ0) is 11.5. The highest BCUT2D eigenvalue weighted by molar-refractivity contribution is 14.1. The summed E-state index contributed by atoms with van der Waals surface area (Å²) in [6, 6.07) is 1.89. The molecule has 0 aliphatic heterocycles. The van der Waals surface area contributed by atoms with Crippen molar-refractivity contribution < 1.29 is 4.79 Å². The Labute approximate surface area is 113 Å². The van der Waals surface area contributed by atoms with Gasteiger partial charge < -0.3 is 5.32 Å². The van der Waals surface area contributed by atoms with Gasteiger partial charge in [0.15, 0.2) is 0 Å². The van der Waals surface area contributed by atoms with Crippen molar-refractivity contribution in [2.45, 2.75) is 25.8 Å². The average molecular weight is 358 g/mol. The van der Waals surface area contributed by atoms with E-state index >= 15 is 0 Å². The van der Waals surface area contributed by atoms with E-state index in [-0.39, 0.29) is 11.4 Å². The first-order chi connectivity index (χ1) is 6.94. The Morgan fingerprint density at radius 2 is 2.33 bits per heavy atom. The van der Waals surface area contributed by atoms with Gasteiger partial charge in [-0.05, 0) is 48.9 Å². The zero-order valence-electron chi connectivity index (χ0n) is 8.64. The molecule has 0 aliphatic rings. The first-order valence-corrected chi connectivity index (χ1v) is 7.06. The summed E-state index contributed by atoms with van der Waals surface area (Å²) in [6.45, 7) is 3.95. The number of hydrogen-bond acceptors (Lipinski definition) is 2. The van der Waals surface area contributed by atoms with Crippen LogP contribution in [0, 0.1) is 2.88 Å². The fraction of sp³-hybridized carbons (Fsp3) is 0.500. The average Bonchev–Trinajstić information content (AvgIpc) is 2.50. The first kappa shape index (κ1) is 13.3. The maximum absolute atomic E-state index is 11.8. The summed E-state index contributed by atoms with van der Waals surface area (Å²) in [7, 11) is 0. The lowest BCUT2D eigenvalue weighted by Gasteiger charge is -2.24.